The Morgan fingerprint density at radius 2 is 1.93 bits per heavy atom. The van der Waals surface area contributed by atoms with Crippen LogP contribution in [-0.4, -0.2) is 18.1 Å². The van der Waals surface area contributed by atoms with E-state index in [9.17, 15) is 4.39 Å². The molecule has 0 amide bonds. The molecule has 0 bridgehead atoms. The van der Waals surface area contributed by atoms with Crippen LogP contribution in [0.1, 0.15) is 20.3 Å². The van der Waals surface area contributed by atoms with Crippen LogP contribution in [0.3, 0.4) is 0 Å². The highest BCUT2D eigenvalue weighted by molar-refractivity contribution is 5.50. The second kappa shape index (κ2) is 3.49. The van der Waals surface area contributed by atoms with E-state index in [0.717, 1.165) is 18.7 Å². The maximum absolute atomic E-state index is 12.8. The van der Waals surface area contributed by atoms with E-state index in [2.05, 4.69) is 18.7 Å². The van der Waals surface area contributed by atoms with E-state index in [4.69, 9.17) is 5.73 Å². The van der Waals surface area contributed by atoms with Crippen LogP contribution in [0.4, 0.5) is 10.1 Å². The van der Waals surface area contributed by atoms with Gasteiger partial charge in [-0.25, -0.2) is 4.39 Å². The molecule has 15 heavy (non-hydrogen) atoms. The van der Waals surface area contributed by atoms with Gasteiger partial charge in [0.1, 0.15) is 5.82 Å². The van der Waals surface area contributed by atoms with Crippen LogP contribution < -0.4 is 10.6 Å². The highest BCUT2D eigenvalue weighted by Gasteiger charge is 2.38. The summed E-state index contributed by atoms with van der Waals surface area (Å²) in [5, 5.41) is 0. The number of nitrogens with zero attached hydrogens (tertiary/aromatic N) is 1. The quantitative estimate of drug-likeness (QED) is 0.766. The predicted molar refractivity (Wildman–Crippen MR) is 60.4 cm³/mol. The number of anilines is 1. The van der Waals surface area contributed by atoms with Gasteiger partial charge in [-0.1, -0.05) is 0 Å². The van der Waals surface area contributed by atoms with Gasteiger partial charge in [0.25, 0.3) is 0 Å². The zero-order valence-electron chi connectivity index (χ0n) is 9.20. The first-order chi connectivity index (χ1) is 7.01. The summed E-state index contributed by atoms with van der Waals surface area (Å²) in [5.41, 5.74) is 7.06. The number of benzene rings is 1. The molecule has 1 aromatic carbocycles. The average molecular weight is 208 g/mol. The third-order valence-electron chi connectivity index (χ3n) is 3.41. The molecule has 1 unspecified atom stereocenters. The van der Waals surface area contributed by atoms with E-state index in [-0.39, 0.29) is 17.4 Å². The van der Waals surface area contributed by atoms with Gasteiger partial charge in [0.05, 0.1) is 0 Å². The van der Waals surface area contributed by atoms with Gasteiger partial charge in [0.15, 0.2) is 0 Å². The lowest BCUT2D eigenvalue weighted by atomic mass is 9.96. The lowest BCUT2D eigenvalue weighted by Crippen LogP contribution is -2.48. The van der Waals surface area contributed by atoms with Gasteiger partial charge >= 0.3 is 0 Å². The summed E-state index contributed by atoms with van der Waals surface area (Å²) in [5.74, 6) is -0.194. The fraction of sp³-hybridized carbons (Fsp3) is 0.500. The van der Waals surface area contributed by atoms with Gasteiger partial charge in [-0.05, 0) is 44.5 Å². The summed E-state index contributed by atoms with van der Waals surface area (Å²) in [7, 11) is 0. The van der Waals surface area contributed by atoms with Crippen LogP contribution in [0.2, 0.25) is 0 Å². The third-order valence-corrected chi connectivity index (χ3v) is 3.41. The van der Waals surface area contributed by atoms with E-state index in [0.29, 0.717) is 0 Å². The molecule has 3 heteroatoms. The molecular formula is C12H17FN2. The number of nitrogens with two attached hydrogens (primary N) is 1. The molecule has 2 N–H and O–H groups in total. The molecular weight excluding hydrogens is 191 g/mol. The van der Waals surface area contributed by atoms with Gasteiger partial charge in [0, 0.05) is 23.8 Å². The summed E-state index contributed by atoms with van der Waals surface area (Å²) in [6.07, 6.45) is 0.990. The first-order valence-electron chi connectivity index (χ1n) is 5.30. The maximum Gasteiger partial charge on any atom is 0.123 e. The smallest absolute Gasteiger partial charge is 0.123 e. The molecule has 1 saturated heterocycles. The average Bonchev–Trinajstić information content (AvgIpc) is 2.44. The Kier molecular flexibility index (Phi) is 2.43. The first-order valence-corrected chi connectivity index (χ1v) is 5.30. The number of halogens is 1. The second-order valence-corrected chi connectivity index (χ2v) is 4.68. The fourth-order valence-electron chi connectivity index (χ4n) is 2.19. The van der Waals surface area contributed by atoms with Gasteiger partial charge in [0.2, 0.25) is 0 Å². The molecule has 0 radical (unpaired) electrons. The SMILES string of the molecule is CC1(C)C(N)CCN1c1ccc(F)cc1. The minimum atomic E-state index is -0.194. The van der Waals surface area contributed by atoms with Crippen LogP contribution in [0.25, 0.3) is 0 Å². The summed E-state index contributed by atoms with van der Waals surface area (Å²) in [6, 6.07) is 6.80. The van der Waals surface area contributed by atoms with Crippen LogP contribution in [-0.2, 0) is 0 Å². The van der Waals surface area contributed by atoms with Crippen molar-refractivity contribution in [2.75, 3.05) is 11.4 Å². The van der Waals surface area contributed by atoms with Gasteiger partial charge in [-0.2, -0.15) is 0 Å². The highest BCUT2D eigenvalue weighted by atomic mass is 19.1. The Morgan fingerprint density at radius 3 is 2.40 bits per heavy atom. The highest BCUT2D eigenvalue weighted by Crippen LogP contribution is 2.32. The van der Waals surface area contributed by atoms with E-state index < -0.39 is 0 Å². The Morgan fingerprint density at radius 1 is 1.33 bits per heavy atom. The molecule has 1 heterocycles. The molecule has 0 spiro atoms. The van der Waals surface area contributed by atoms with Crippen molar-refractivity contribution in [2.24, 2.45) is 5.73 Å². The second-order valence-electron chi connectivity index (χ2n) is 4.68. The van der Waals surface area contributed by atoms with Crippen molar-refractivity contribution in [3.8, 4) is 0 Å². The molecule has 2 rings (SSSR count). The summed E-state index contributed by atoms with van der Waals surface area (Å²) in [6.45, 7) is 5.21. The minimum Gasteiger partial charge on any atom is -0.365 e. The standard InChI is InChI=1S/C12H17FN2/c1-12(2)11(14)7-8-15(12)10-5-3-9(13)4-6-10/h3-6,11H,7-8,14H2,1-2H3. The summed E-state index contributed by atoms with van der Waals surface area (Å²) >= 11 is 0. The van der Waals surface area contributed by atoms with Gasteiger partial charge < -0.3 is 10.6 Å². The Bertz CT molecular complexity index is 345. The normalized spacial score (nSPS) is 24.5. The van der Waals surface area contributed by atoms with E-state index in [1.165, 1.54) is 12.1 Å². The van der Waals surface area contributed by atoms with Crippen molar-refractivity contribution in [1.29, 1.82) is 0 Å². The largest absolute Gasteiger partial charge is 0.365 e. The van der Waals surface area contributed by atoms with E-state index >= 15 is 0 Å². The summed E-state index contributed by atoms with van der Waals surface area (Å²) in [4.78, 5) is 2.25. The molecule has 1 fully saturated rings. The van der Waals surface area contributed by atoms with Gasteiger partial charge in [-0.15, -0.1) is 0 Å². The predicted octanol–water partition coefficient (Wildman–Crippen LogP) is 2.14. The maximum atomic E-state index is 12.8. The molecule has 1 aliphatic heterocycles. The van der Waals surface area contributed by atoms with E-state index in [1.54, 1.807) is 0 Å². The van der Waals surface area contributed by atoms with E-state index in [1.807, 2.05) is 12.1 Å². The van der Waals surface area contributed by atoms with Gasteiger partial charge in [-0.3, -0.25) is 0 Å². The molecule has 1 atom stereocenters. The Balaban J connectivity index is 2.28. The Hall–Kier alpha value is -1.09. The molecule has 0 aliphatic carbocycles. The lowest BCUT2D eigenvalue weighted by molar-refractivity contribution is 0.453. The third kappa shape index (κ3) is 1.72. The molecule has 0 aromatic heterocycles. The monoisotopic (exact) mass is 208 g/mol. The molecule has 2 nitrogen and oxygen atoms in total. The van der Waals surface area contributed by atoms with Crippen molar-refractivity contribution in [2.45, 2.75) is 31.8 Å². The minimum absolute atomic E-state index is 0.0438. The topological polar surface area (TPSA) is 29.3 Å². The number of rotatable bonds is 1. The van der Waals surface area contributed by atoms with Crippen molar-refractivity contribution in [3.05, 3.63) is 30.1 Å². The van der Waals surface area contributed by atoms with Crippen molar-refractivity contribution in [3.63, 3.8) is 0 Å². The molecule has 0 saturated carbocycles. The van der Waals surface area contributed by atoms with Crippen LogP contribution in [0.5, 0.6) is 0 Å². The number of hydrogen-bond donors (Lipinski definition) is 1. The van der Waals surface area contributed by atoms with Crippen LogP contribution in [0.15, 0.2) is 24.3 Å². The lowest BCUT2D eigenvalue weighted by Gasteiger charge is -2.36. The molecule has 1 aromatic rings. The molecule has 82 valence electrons. The summed E-state index contributed by atoms with van der Waals surface area (Å²) < 4.78 is 12.8. The van der Waals surface area contributed by atoms with Crippen molar-refractivity contribution < 1.29 is 4.39 Å². The van der Waals surface area contributed by atoms with Crippen LogP contribution >= 0.6 is 0 Å². The first kappa shape index (κ1) is 10.4. The van der Waals surface area contributed by atoms with Crippen LogP contribution in [0, 0.1) is 5.82 Å². The van der Waals surface area contributed by atoms with Crippen molar-refractivity contribution in [1.82, 2.24) is 0 Å². The zero-order valence-corrected chi connectivity index (χ0v) is 9.20. The molecule has 1 aliphatic rings. The zero-order chi connectivity index (χ0) is 11.1. The number of hydrogen-bond acceptors (Lipinski definition) is 2. The fourth-order valence-corrected chi connectivity index (χ4v) is 2.19. The van der Waals surface area contributed by atoms with Crippen molar-refractivity contribution >= 4 is 5.69 Å². The Labute approximate surface area is 89.9 Å².